The molecule has 0 fully saturated rings. The van der Waals surface area contributed by atoms with Crippen molar-refractivity contribution in [2.24, 2.45) is 0 Å². The fraction of sp³-hybridized carbons (Fsp3) is 0.545. The molecule has 0 aliphatic carbocycles. The monoisotopic (exact) mass is 866 g/mol. The third-order valence-corrected chi connectivity index (χ3v) is 18.1. The van der Waals surface area contributed by atoms with Crippen molar-refractivity contribution < 1.29 is 19.1 Å². The van der Waals surface area contributed by atoms with Crippen LogP contribution in [0.25, 0.3) is 0 Å². The first-order chi connectivity index (χ1) is 24.2. The van der Waals surface area contributed by atoms with Crippen molar-refractivity contribution in [2.45, 2.75) is 142 Å². The summed E-state index contributed by atoms with van der Waals surface area (Å²) in [7, 11) is 0. The summed E-state index contributed by atoms with van der Waals surface area (Å²) >= 11 is -2.06. The number of carbonyl (C=O) groups excluding carboxylic acids is 2. The van der Waals surface area contributed by atoms with Crippen LogP contribution in [0.3, 0.4) is 0 Å². The molecule has 3 aromatic rings. The van der Waals surface area contributed by atoms with E-state index in [-0.39, 0.29) is 11.9 Å². The van der Waals surface area contributed by atoms with Gasteiger partial charge in [0.05, 0.1) is 13.2 Å². The maximum absolute atomic E-state index is 11.7. The van der Waals surface area contributed by atoms with E-state index in [0.717, 1.165) is 51.4 Å². The topological polar surface area (TPSA) is 52.6 Å². The number of unbranched alkanes of at least 4 members (excludes halogenated alkanes) is 15. The Morgan fingerprint density at radius 2 is 0.694 bits per heavy atom. The van der Waals surface area contributed by atoms with E-state index in [1.54, 1.807) is 0 Å². The molecule has 0 unspecified atom stereocenters. The number of rotatable bonds is 26. The number of hydrogen-bond donors (Lipinski definition) is 0. The zero-order valence-electron chi connectivity index (χ0n) is 30.8. The molecule has 270 valence electrons. The Balaban J connectivity index is 0.000000371. The molecule has 49 heavy (non-hydrogen) atoms. The van der Waals surface area contributed by atoms with Crippen molar-refractivity contribution in [1.29, 1.82) is 0 Å². The first-order valence-corrected chi connectivity index (χ1v) is 24.6. The maximum atomic E-state index is 11.7. The number of carbonyl (C=O) groups is 2. The third kappa shape index (κ3) is 22.0. The fourth-order valence-electron chi connectivity index (χ4n) is 5.71. The molecule has 0 spiro atoms. The second-order valence-electron chi connectivity index (χ2n) is 12.9. The molecule has 0 N–H and O–H groups in total. The molecule has 0 amide bonds. The number of benzene rings is 3. The molecule has 0 saturated heterocycles. The van der Waals surface area contributed by atoms with Crippen LogP contribution in [0, 0.1) is 0 Å². The zero-order valence-corrected chi connectivity index (χ0v) is 34.3. The fourth-order valence-corrected chi connectivity index (χ4v) is 14.7. The van der Waals surface area contributed by atoms with Crippen molar-refractivity contribution in [1.82, 2.24) is 0 Å². The molecular weight excluding hydrogens is 801 g/mol. The molecule has 0 bridgehead atoms. The molecule has 0 radical (unpaired) electrons. The molecule has 3 aromatic carbocycles. The van der Waals surface area contributed by atoms with Gasteiger partial charge in [-0.2, -0.15) is 0 Å². The van der Waals surface area contributed by atoms with Gasteiger partial charge in [0.15, 0.2) is 0 Å². The van der Waals surface area contributed by atoms with Gasteiger partial charge in [-0.1, -0.05) is 104 Å². The Labute approximate surface area is 307 Å². The Hall–Kier alpha value is -2.52. The normalized spacial score (nSPS) is 10.8. The molecule has 4 nitrogen and oxygen atoms in total. The second kappa shape index (κ2) is 30.3. The SMILES string of the molecule is CCCCCCCCOC(=O)CCCCCCCCC(=O)OCCCCCCCC.c1cc[c]([Bi]([c]2ccccc2)[c]2ccccc2)cc1. The van der Waals surface area contributed by atoms with Crippen LogP contribution >= 0.6 is 0 Å². The van der Waals surface area contributed by atoms with Gasteiger partial charge in [-0.3, -0.25) is 9.59 Å². The van der Waals surface area contributed by atoms with Crippen LogP contribution in [0.15, 0.2) is 91.0 Å². The summed E-state index contributed by atoms with van der Waals surface area (Å²) in [6, 6.07) is 33.0. The summed E-state index contributed by atoms with van der Waals surface area (Å²) in [5, 5.41) is 0. The standard InChI is InChI=1S/C26H50O4.3C6H5.Bi/c1-3-5-7-9-15-19-23-29-25(27)21-17-13-11-12-14-18-22-26(28)30-24-20-16-10-8-6-4-2;3*1-2-4-6-5-3-1;/h3-24H2,1-2H3;3*1-5H;. The number of ether oxygens (including phenoxy) is 2. The van der Waals surface area contributed by atoms with Gasteiger partial charge in [0, 0.05) is 12.8 Å². The summed E-state index contributed by atoms with van der Waals surface area (Å²) < 4.78 is 15.2. The first-order valence-electron chi connectivity index (χ1n) is 19.4. The zero-order chi connectivity index (χ0) is 35.0. The van der Waals surface area contributed by atoms with Gasteiger partial charge >= 0.3 is 134 Å². The van der Waals surface area contributed by atoms with E-state index in [1.807, 2.05) is 0 Å². The van der Waals surface area contributed by atoms with E-state index < -0.39 is 21.8 Å². The van der Waals surface area contributed by atoms with Gasteiger partial charge in [0.1, 0.15) is 0 Å². The van der Waals surface area contributed by atoms with Crippen LogP contribution in [0.5, 0.6) is 0 Å². The van der Waals surface area contributed by atoms with Crippen molar-refractivity contribution in [3.8, 4) is 0 Å². The van der Waals surface area contributed by atoms with Crippen LogP contribution in [-0.2, 0) is 19.1 Å². The van der Waals surface area contributed by atoms with Gasteiger partial charge in [0.2, 0.25) is 0 Å². The van der Waals surface area contributed by atoms with Crippen molar-refractivity contribution >= 4 is 43.5 Å². The quantitative estimate of drug-likeness (QED) is 0.0458. The van der Waals surface area contributed by atoms with Gasteiger partial charge in [-0.25, -0.2) is 0 Å². The minimum atomic E-state index is -2.06. The molecule has 0 saturated carbocycles. The average Bonchev–Trinajstić information content (AvgIpc) is 3.14. The third-order valence-electron chi connectivity index (χ3n) is 8.58. The Bertz CT molecular complexity index is 1060. The minimum absolute atomic E-state index is 0.0448. The van der Waals surface area contributed by atoms with Crippen LogP contribution in [0.2, 0.25) is 0 Å². The molecule has 0 heterocycles. The van der Waals surface area contributed by atoms with E-state index in [4.69, 9.17) is 9.47 Å². The van der Waals surface area contributed by atoms with Gasteiger partial charge < -0.3 is 9.47 Å². The van der Waals surface area contributed by atoms with E-state index in [1.165, 1.54) is 74.0 Å². The van der Waals surface area contributed by atoms with Crippen molar-refractivity contribution in [2.75, 3.05) is 13.2 Å². The first kappa shape index (κ1) is 42.6. The second-order valence-corrected chi connectivity index (χ2v) is 21.6. The number of hydrogen-bond acceptors (Lipinski definition) is 4. The Morgan fingerprint density at radius 1 is 0.408 bits per heavy atom. The van der Waals surface area contributed by atoms with E-state index in [0.29, 0.717) is 26.1 Å². The summed E-state index contributed by atoms with van der Waals surface area (Å²) in [6.45, 7) is 5.60. The van der Waals surface area contributed by atoms with Crippen LogP contribution < -0.4 is 9.81 Å². The van der Waals surface area contributed by atoms with Crippen LogP contribution in [0.1, 0.15) is 142 Å². The van der Waals surface area contributed by atoms with Gasteiger partial charge in [0.25, 0.3) is 0 Å². The molecule has 0 aliphatic rings. The van der Waals surface area contributed by atoms with Gasteiger partial charge in [-0.05, 0) is 25.7 Å². The summed E-state index contributed by atoms with van der Waals surface area (Å²) in [4.78, 5) is 23.4. The predicted octanol–water partition coefficient (Wildman–Crippen LogP) is 10.1. The van der Waals surface area contributed by atoms with Gasteiger partial charge in [-0.15, -0.1) is 0 Å². The molecule has 5 heteroatoms. The molecular formula is C44H65BiO4. The molecule has 0 aromatic heterocycles. The summed E-state index contributed by atoms with van der Waals surface area (Å²) in [5.74, 6) is -0.0895. The Kier molecular flexibility index (Phi) is 26.4. The van der Waals surface area contributed by atoms with E-state index in [9.17, 15) is 9.59 Å². The molecule has 0 aliphatic heterocycles. The number of esters is 2. The van der Waals surface area contributed by atoms with Crippen LogP contribution in [0.4, 0.5) is 0 Å². The summed E-state index contributed by atoms with van der Waals surface area (Å²) in [5.41, 5.74) is 0. The van der Waals surface area contributed by atoms with E-state index in [2.05, 4.69) is 105 Å². The average molecular weight is 867 g/mol. The Morgan fingerprint density at radius 3 is 1.02 bits per heavy atom. The van der Waals surface area contributed by atoms with E-state index >= 15 is 0 Å². The molecule has 0 atom stereocenters. The van der Waals surface area contributed by atoms with Crippen LogP contribution in [-0.4, -0.2) is 46.9 Å². The van der Waals surface area contributed by atoms with Crippen molar-refractivity contribution in [3.05, 3.63) is 91.0 Å². The molecule has 3 rings (SSSR count). The summed E-state index contributed by atoms with van der Waals surface area (Å²) in [6.07, 6.45) is 21.9. The predicted molar refractivity (Wildman–Crippen MR) is 210 cm³/mol. The van der Waals surface area contributed by atoms with Crippen molar-refractivity contribution in [3.63, 3.8) is 0 Å².